The normalized spacial score (nSPS) is 32.4. The van der Waals surface area contributed by atoms with E-state index in [1.165, 1.54) is 37.8 Å². The molecule has 0 radical (unpaired) electrons. The minimum Gasteiger partial charge on any atom is -0.316 e. The molecule has 0 aromatic heterocycles. The smallest absolute Gasteiger partial charge is 0.0441 e. The van der Waals surface area contributed by atoms with Gasteiger partial charge in [-0.3, -0.25) is 0 Å². The average Bonchev–Trinajstić information content (AvgIpc) is 3.24. The number of rotatable bonds is 3. The van der Waals surface area contributed by atoms with Crippen LogP contribution in [0.25, 0.3) is 0 Å². The van der Waals surface area contributed by atoms with Crippen LogP contribution in [0, 0.1) is 11.3 Å². The number of hydrogen-bond donors (Lipinski definition) is 1. The van der Waals surface area contributed by atoms with Crippen LogP contribution in [-0.2, 0) is 0 Å². The first-order chi connectivity index (χ1) is 8.78. The van der Waals surface area contributed by atoms with Crippen LogP contribution in [0.15, 0.2) is 24.3 Å². The van der Waals surface area contributed by atoms with Gasteiger partial charge in [-0.1, -0.05) is 36.7 Å². The van der Waals surface area contributed by atoms with Gasteiger partial charge >= 0.3 is 0 Å². The molecule has 2 fully saturated rings. The fraction of sp³-hybridized carbons (Fsp3) is 0.625. The Balaban J connectivity index is 1.99. The molecule has 1 N–H and O–H groups in total. The summed E-state index contributed by atoms with van der Waals surface area (Å²) in [5.74, 6) is 1.53. The Hall–Kier alpha value is -0.530. The van der Waals surface area contributed by atoms with Gasteiger partial charge in [0.2, 0.25) is 0 Å². The minimum absolute atomic E-state index is 0.496. The number of halogens is 1. The molecule has 3 rings (SSSR count). The zero-order chi connectivity index (χ0) is 12.6. The van der Waals surface area contributed by atoms with Gasteiger partial charge in [-0.15, -0.1) is 0 Å². The molecule has 2 unspecified atom stereocenters. The molecule has 1 aromatic rings. The monoisotopic (exact) mass is 263 g/mol. The van der Waals surface area contributed by atoms with Crippen molar-refractivity contribution in [3.05, 3.63) is 34.9 Å². The standard InChI is InChI=1S/C16H22ClN/c1-2-16(12-7-8-12)9-10-18-11-14(16)13-5-3-4-6-15(13)17/h3-6,12,14,18H,2,7-11H2,1H3. The van der Waals surface area contributed by atoms with Gasteiger partial charge in [0.25, 0.3) is 0 Å². The fourth-order valence-corrected chi connectivity index (χ4v) is 4.25. The van der Waals surface area contributed by atoms with Gasteiger partial charge in [0, 0.05) is 17.5 Å². The predicted molar refractivity (Wildman–Crippen MR) is 77.1 cm³/mol. The molecule has 2 heteroatoms. The molecule has 1 nitrogen and oxygen atoms in total. The van der Waals surface area contributed by atoms with Crippen LogP contribution in [0.2, 0.25) is 5.02 Å². The first kappa shape index (κ1) is 12.5. The molecule has 98 valence electrons. The predicted octanol–water partition coefficient (Wildman–Crippen LogP) is 4.22. The summed E-state index contributed by atoms with van der Waals surface area (Å²) in [6.07, 6.45) is 5.45. The summed E-state index contributed by atoms with van der Waals surface area (Å²) in [6, 6.07) is 8.43. The van der Waals surface area contributed by atoms with Gasteiger partial charge in [0.1, 0.15) is 0 Å². The van der Waals surface area contributed by atoms with E-state index in [4.69, 9.17) is 11.6 Å². The van der Waals surface area contributed by atoms with Gasteiger partial charge < -0.3 is 5.32 Å². The number of piperidine rings is 1. The third kappa shape index (κ3) is 1.98. The topological polar surface area (TPSA) is 12.0 Å². The highest BCUT2D eigenvalue weighted by molar-refractivity contribution is 6.31. The van der Waals surface area contributed by atoms with Gasteiger partial charge in [0.05, 0.1) is 0 Å². The van der Waals surface area contributed by atoms with Gasteiger partial charge in [0.15, 0.2) is 0 Å². The van der Waals surface area contributed by atoms with Crippen LogP contribution in [0.5, 0.6) is 0 Å². The van der Waals surface area contributed by atoms with Crippen molar-refractivity contribution in [2.45, 2.75) is 38.5 Å². The van der Waals surface area contributed by atoms with Crippen LogP contribution in [0.1, 0.15) is 44.1 Å². The second-order valence-corrected chi connectivity index (χ2v) is 6.30. The highest BCUT2D eigenvalue weighted by Crippen LogP contribution is 2.58. The molecule has 0 spiro atoms. The summed E-state index contributed by atoms with van der Waals surface area (Å²) >= 11 is 6.44. The van der Waals surface area contributed by atoms with Crippen molar-refractivity contribution in [1.82, 2.24) is 5.32 Å². The van der Waals surface area contributed by atoms with E-state index in [1.54, 1.807) is 0 Å². The summed E-state index contributed by atoms with van der Waals surface area (Å²) < 4.78 is 0. The first-order valence-electron chi connectivity index (χ1n) is 7.23. The lowest BCUT2D eigenvalue weighted by atomic mass is 9.63. The largest absolute Gasteiger partial charge is 0.316 e. The van der Waals surface area contributed by atoms with E-state index in [9.17, 15) is 0 Å². The quantitative estimate of drug-likeness (QED) is 0.861. The summed E-state index contributed by atoms with van der Waals surface area (Å²) in [4.78, 5) is 0. The second-order valence-electron chi connectivity index (χ2n) is 5.89. The van der Waals surface area contributed by atoms with Crippen molar-refractivity contribution in [2.24, 2.45) is 11.3 Å². The van der Waals surface area contributed by atoms with Crippen molar-refractivity contribution in [3.63, 3.8) is 0 Å². The average molecular weight is 264 g/mol. The first-order valence-corrected chi connectivity index (χ1v) is 7.61. The molecule has 1 saturated carbocycles. The van der Waals surface area contributed by atoms with E-state index in [0.29, 0.717) is 11.3 Å². The van der Waals surface area contributed by atoms with Crippen LogP contribution in [-0.4, -0.2) is 13.1 Å². The fourth-order valence-electron chi connectivity index (χ4n) is 3.98. The molecule has 0 amide bonds. The molecule has 2 atom stereocenters. The number of nitrogens with one attached hydrogen (secondary N) is 1. The molecular formula is C16H22ClN. The van der Waals surface area contributed by atoms with E-state index in [0.717, 1.165) is 17.5 Å². The lowest BCUT2D eigenvalue weighted by Crippen LogP contribution is -2.44. The summed E-state index contributed by atoms with van der Waals surface area (Å²) in [7, 11) is 0. The maximum atomic E-state index is 6.44. The Morgan fingerprint density at radius 3 is 2.78 bits per heavy atom. The van der Waals surface area contributed by atoms with Crippen molar-refractivity contribution in [3.8, 4) is 0 Å². The van der Waals surface area contributed by atoms with E-state index in [2.05, 4.69) is 24.4 Å². The number of benzene rings is 1. The molecule has 18 heavy (non-hydrogen) atoms. The van der Waals surface area contributed by atoms with Crippen LogP contribution in [0.3, 0.4) is 0 Å². The number of hydrogen-bond acceptors (Lipinski definition) is 1. The minimum atomic E-state index is 0.496. The summed E-state index contributed by atoms with van der Waals surface area (Å²) in [5, 5.41) is 4.52. The molecule has 1 aliphatic heterocycles. The van der Waals surface area contributed by atoms with E-state index < -0.39 is 0 Å². The lowest BCUT2D eigenvalue weighted by molar-refractivity contribution is 0.123. The van der Waals surface area contributed by atoms with Gasteiger partial charge in [-0.05, 0) is 55.2 Å². The summed E-state index contributed by atoms with van der Waals surface area (Å²) in [6.45, 7) is 4.63. The Labute approximate surface area is 115 Å². The zero-order valence-electron chi connectivity index (χ0n) is 11.1. The Morgan fingerprint density at radius 2 is 2.11 bits per heavy atom. The third-order valence-electron chi connectivity index (χ3n) is 5.14. The maximum Gasteiger partial charge on any atom is 0.0441 e. The van der Waals surface area contributed by atoms with Gasteiger partial charge in [-0.25, -0.2) is 0 Å². The molecular weight excluding hydrogens is 242 g/mol. The molecule has 1 aromatic carbocycles. The van der Waals surface area contributed by atoms with Crippen molar-refractivity contribution < 1.29 is 0 Å². The van der Waals surface area contributed by atoms with Gasteiger partial charge in [-0.2, -0.15) is 0 Å². The maximum absolute atomic E-state index is 6.44. The SMILES string of the molecule is CCC1(C2CC2)CCNCC1c1ccccc1Cl. The lowest BCUT2D eigenvalue weighted by Gasteiger charge is -2.45. The highest BCUT2D eigenvalue weighted by Gasteiger charge is 2.50. The molecule has 1 aliphatic carbocycles. The third-order valence-corrected chi connectivity index (χ3v) is 5.48. The van der Waals surface area contributed by atoms with E-state index in [1.807, 2.05) is 12.1 Å². The van der Waals surface area contributed by atoms with Crippen molar-refractivity contribution in [1.29, 1.82) is 0 Å². The zero-order valence-corrected chi connectivity index (χ0v) is 11.8. The van der Waals surface area contributed by atoms with Crippen LogP contribution < -0.4 is 5.32 Å². The highest BCUT2D eigenvalue weighted by atomic mass is 35.5. The Kier molecular flexibility index (Phi) is 3.38. The molecule has 2 aliphatic rings. The van der Waals surface area contributed by atoms with Crippen molar-refractivity contribution in [2.75, 3.05) is 13.1 Å². The molecule has 1 heterocycles. The molecule has 1 saturated heterocycles. The van der Waals surface area contributed by atoms with Crippen LogP contribution >= 0.6 is 11.6 Å². The molecule has 0 bridgehead atoms. The Morgan fingerprint density at radius 1 is 1.33 bits per heavy atom. The summed E-state index contributed by atoms with van der Waals surface area (Å²) in [5.41, 5.74) is 1.86. The van der Waals surface area contributed by atoms with Crippen molar-refractivity contribution >= 4 is 11.6 Å². The second kappa shape index (κ2) is 4.86. The van der Waals surface area contributed by atoms with E-state index >= 15 is 0 Å². The Bertz CT molecular complexity index is 427. The van der Waals surface area contributed by atoms with Crippen LogP contribution in [0.4, 0.5) is 0 Å². The van der Waals surface area contributed by atoms with E-state index in [-0.39, 0.29) is 0 Å².